The fourth-order valence-corrected chi connectivity index (χ4v) is 3.64. The molecule has 0 aromatic heterocycles. The molecule has 0 aliphatic carbocycles. The van der Waals surface area contributed by atoms with Crippen LogP contribution in [-0.4, -0.2) is 68.7 Å². The first-order chi connectivity index (χ1) is 9.32. The number of carbonyl (C=O) groups excluding carboxylic acids is 1. The topological polar surface area (TPSA) is 81.1 Å². The number of likely N-dealkylation sites (tertiary alicyclic amines) is 2. The summed E-state index contributed by atoms with van der Waals surface area (Å²) in [7, 11) is 0. The molecule has 2 heterocycles. The Kier molecular flexibility index (Phi) is 4.34. The quantitative estimate of drug-likeness (QED) is 0.779. The van der Waals surface area contributed by atoms with Crippen molar-refractivity contribution in [3.8, 4) is 0 Å². The molecule has 20 heavy (non-hydrogen) atoms. The van der Waals surface area contributed by atoms with Crippen molar-refractivity contribution in [2.75, 3.05) is 6.54 Å². The Balaban J connectivity index is 2.11. The van der Waals surface area contributed by atoms with Crippen molar-refractivity contribution in [1.29, 1.82) is 0 Å². The standard InChI is InChI=1S/C14H24N2O4/c1-8-4-5-9(2)16(8)10(3)13(18)15-7-11(17)6-12(15)14(19)20/h8-12,17H,4-7H2,1-3H3,(H,19,20)/t8?,9?,10?,11-,12-/m0/s1. The Labute approximate surface area is 119 Å². The maximum absolute atomic E-state index is 12.6. The highest BCUT2D eigenvalue weighted by molar-refractivity contribution is 5.87. The van der Waals surface area contributed by atoms with Crippen LogP contribution in [0.3, 0.4) is 0 Å². The summed E-state index contributed by atoms with van der Waals surface area (Å²) in [5.41, 5.74) is 0. The third-order valence-corrected chi connectivity index (χ3v) is 4.67. The zero-order valence-electron chi connectivity index (χ0n) is 12.3. The van der Waals surface area contributed by atoms with E-state index in [0.29, 0.717) is 12.1 Å². The van der Waals surface area contributed by atoms with E-state index >= 15 is 0 Å². The number of hydrogen-bond donors (Lipinski definition) is 2. The van der Waals surface area contributed by atoms with Gasteiger partial charge in [0.1, 0.15) is 6.04 Å². The van der Waals surface area contributed by atoms with Gasteiger partial charge in [-0.05, 0) is 33.6 Å². The highest BCUT2D eigenvalue weighted by Gasteiger charge is 2.43. The third-order valence-electron chi connectivity index (χ3n) is 4.67. The highest BCUT2D eigenvalue weighted by Crippen LogP contribution is 2.28. The van der Waals surface area contributed by atoms with E-state index in [1.165, 1.54) is 4.90 Å². The molecule has 1 amide bonds. The van der Waals surface area contributed by atoms with Gasteiger partial charge in [0.25, 0.3) is 0 Å². The van der Waals surface area contributed by atoms with Gasteiger partial charge in [-0.15, -0.1) is 0 Å². The number of carbonyl (C=O) groups is 2. The van der Waals surface area contributed by atoms with Crippen molar-refractivity contribution < 1.29 is 19.8 Å². The van der Waals surface area contributed by atoms with Crippen LogP contribution in [0.2, 0.25) is 0 Å². The number of β-amino-alcohol motifs (C(OH)–C–C–N with tert-alkyl or cyclic N) is 1. The third kappa shape index (κ3) is 2.67. The summed E-state index contributed by atoms with van der Waals surface area (Å²) in [6.07, 6.45) is 1.51. The molecule has 6 nitrogen and oxygen atoms in total. The summed E-state index contributed by atoms with van der Waals surface area (Å²) in [6.45, 7) is 6.16. The first-order valence-electron chi connectivity index (χ1n) is 7.31. The summed E-state index contributed by atoms with van der Waals surface area (Å²) < 4.78 is 0. The van der Waals surface area contributed by atoms with Crippen LogP contribution in [0, 0.1) is 0 Å². The Morgan fingerprint density at radius 1 is 1.20 bits per heavy atom. The molecule has 2 N–H and O–H groups in total. The lowest BCUT2D eigenvalue weighted by Gasteiger charge is -2.35. The van der Waals surface area contributed by atoms with Gasteiger partial charge in [-0.2, -0.15) is 0 Å². The molecule has 2 fully saturated rings. The molecule has 2 rings (SSSR count). The minimum atomic E-state index is -1.04. The number of nitrogens with zero attached hydrogens (tertiary/aromatic N) is 2. The van der Waals surface area contributed by atoms with Crippen LogP contribution < -0.4 is 0 Å². The number of aliphatic hydroxyl groups is 1. The van der Waals surface area contributed by atoms with E-state index in [0.717, 1.165) is 12.8 Å². The second-order valence-corrected chi connectivity index (χ2v) is 6.13. The number of aliphatic carboxylic acids is 1. The zero-order chi connectivity index (χ0) is 15.0. The van der Waals surface area contributed by atoms with Crippen LogP contribution in [0.5, 0.6) is 0 Å². The molecule has 0 aromatic rings. The molecule has 2 aliphatic heterocycles. The van der Waals surface area contributed by atoms with E-state index in [4.69, 9.17) is 0 Å². The number of rotatable bonds is 3. The summed E-state index contributed by atoms with van der Waals surface area (Å²) >= 11 is 0. The van der Waals surface area contributed by atoms with Crippen LogP contribution in [0.15, 0.2) is 0 Å². The molecule has 0 aromatic carbocycles. The highest BCUT2D eigenvalue weighted by atomic mass is 16.4. The summed E-state index contributed by atoms with van der Waals surface area (Å²) in [5.74, 6) is -1.22. The van der Waals surface area contributed by atoms with Crippen molar-refractivity contribution in [2.45, 2.75) is 70.3 Å². The van der Waals surface area contributed by atoms with E-state index in [1.807, 2.05) is 6.92 Å². The summed E-state index contributed by atoms with van der Waals surface area (Å²) in [6, 6.07) is -0.567. The maximum Gasteiger partial charge on any atom is 0.326 e. The molecule has 0 bridgehead atoms. The van der Waals surface area contributed by atoms with Crippen LogP contribution in [0.25, 0.3) is 0 Å². The number of amides is 1. The van der Waals surface area contributed by atoms with E-state index in [-0.39, 0.29) is 24.9 Å². The monoisotopic (exact) mass is 284 g/mol. The molecule has 6 heteroatoms. The number of hydrogen-bond acceptors (Lipinski definition) is 4. The molecule has 114 valence electrons. The van der Waals surface area contributed by atoms with Gasteiger partial charge < -0.3 is 15.1 Å². The predicted octanol–water partition coefficient (Wildman–Crippen LogP) is 0.294. The largest absolute Gasteiger partial charge is 0.480 e. The minimum Gasteiger partial charge on any atom is -0.480 e. The summed E-state index contributed by atoms with van der Waals surface area (Å²) in [5, 5.41) is 18.8. The van der Waals surface area contributed by atoms with Gasteiger partial charge in [0.15, 0.2) is 0 Å². The molecule has 0 saturated carbocycles. The molecular weight excluding hydrogens is 260 g/mol. The smallest absolute Gasteiger partial charge is 0.326 e. The number of aliphatic hydroxyl groups excluding tert-OH is 1. The van der Waals surface area contributed by atoms with E-state index in [1.54, 1.807) is 0 Å². The second-order valence-electron chi connectivity index (χ2n) is 6.13. The lowest BCUT2D eigenvalue weighted by molar-refractivity contribution is -0.150. The molecule has 2 aliphatic rings. The molecule has 5 atom stereocenters. The minimum absolute atomic E-state index is 0.122. The van der Waals surface area contributed by atoms with E-state index < -0.39 is 18.1 Å². The fourth-order valence-electron chi connectivity index (χ4n) is 3.64. The van der Waals surface area contributed by atoms with Crippen molar-refractivity contribution in [3.05, 3.63) is 0 Å². The van der Waals surface area contributed by atoms with Crippen LogP contribution in [0.1, 0.15) is 40.0 Å². The van der Waals surface area contributed by atoms with Gasteiger partial charge in [0, 0.05) is 25.0 Å². The molecule has 2 saturated heterocycles. The second kappa shape index (κ2) is 5.69. The van der Waals surface area contributed by atoms with Crippen LogP contribution in [0.4, 0.5) is 0 Å². The summed E-state index contributed by atoms with van der Waals surface area (Å²) in [4.78, 5) is 27.3. The first kappa shape index (κ1) is 15.3. The van der Waals surface area contributed by atoms with Gasteiger partial charge in [-0.1, -0.05) is 0 Å². The maximum atomic E-state index is 12.6. The molecule has 0 radical (unpaired) electrons. The first-order valence-corrected chi connectivity index (χ1v) is 7.31. The molecule has 0 spiro atoms. The Morgan fingerprint density at radius 2 is 1.75 bits per heavy atom. The van der Waals surface area contributed by atoms with Crippen molar-refractivity contribution >= 4 is 11.9 Å². The van der Waals surface area contributed by atoms with Gasteiger partial charge in [0.05, 0.1) is 12.1 Å². The van der Waals surface area contributed by atoms with Crippen molar-refractivity contribution in [2.24, 2.45) is 0 Å². The lowest BCUT2D eigenvalue weighted by atomic mass is 10.1. The molecular formula is C14H24N2O4. The average Bonchev–Trinajstić information content (AvgIpc) is 2.91. The predicted molar refractivity (Wildman–Crippen MR) is 73.2 cm³/mol. The number of carboxylic acid groups (broad SMARTS) is 1. The van der Waals surface area contributed by atoms with Crippen molar-refractivity contribution in [1.82, 2.24) is 9.80 Å². The van der Waals surface area contributed by atoms with Crippen LogP contribution in [-0.2, 0) is 9.59 Å². The normalized spacial score (nSPS) is 36.3. The Hall–Kier alpha value is -1.14. The van der Waals surface area contributed by atoms with Crippen LogP contribution >= 0.6 is 0 Å². The van der Waals surface area contributed by atoms with Crippen molar-refractivity contribution in [3.63, 3.8) is 0 Å². The Morgan fingerprint density at radius 3 is 2.25 bits per heavy atom. The molecule has 3 unspecified atom stereocenters. The zero-order valence-corrected chi connectivity index (χ0v) is 12.3. The van der Waals surface area contributed by atoms with Gasteiger partial charge in [0.2, 0.25) is 5.91 Å². The fraction of sp³-hybridized carbons (Fsp3) is 0.857. The van der Waals surface area contributed by atoms with E-state index in [2.05, 4.69) is 18.7 Å². The SMILES string of the molecule is CC1CCC(C)N1C(C)C(=O)N1C[C@@H](O)C[C@H]1C(=O)O. The van der Waals surface area contributed by atoms with Gasteiger partial charge >= 0.3 is 5.97 Å². The number of carboxylic acids is 1. The van der Waals surface area contributed by atoms with E-state index in [9.17, 15) is 19.8 Å². The lowest BCUT2D eigenvalue weighted by Crippen LogP contribution is -2.53. The Bertz CT molecular complexity index is 391. The van der Waals surface area contributed by atoms with Gasteiger partial charge in [-0.25, -0.2) is 4.79 Å². The average molecular weight is 284 g/mol. The van der Waals surface area contributed by atoms with Gasteiger partial charge in [-0.3, -0.25) is 9.69 Å².